The average Bonchev–Trinajstić information content (AvgIpc) is 2.90. The largest absolute Gasteiger partial charge is 0.514 e. The van der Waals surface area contributed by atoms with Gasteiger partial charge < -0.3 is 15.2 Å². The molecule has 0 aliphatic carbocycles. The summed E-state index contributed by atoms with van der Waals surface area (Å²) in [6, 6.07) is 6.73. The predicted octanol–water partition coefficient (Wildman–Crippen LogP) is 2.51. The van der Waals surface area contributed by atoms with Crippen molar-refractivity contribution in [1.82, 2.24) is 4.98 Å². The van der Waals surface area contributed by atoms with Gasteiger partial charge in [-0.05, 0) is 23.1 Å². The molecule has 4 N–H and O–H groups in total. The second-order valence-corrected chi connectivity index (χ2v) is 6.07. The number of carboxylic acids is 2. The number of benzene rings is 1. The van der Waals surface area contributed by atoms with E-state index >= 15 is 0 Å². The molecule has 0 saturated carbocycles. The maximum atomic E-state index is 11.8. The fraction of sp³-hybridized carbons (Fsp3) is 0.286. The molecule has 0 aliphatic rings. The van der Waals surface area contributed by atoms with Crippen LogP contribution in [0.5, 0.6) is 0 Å². The monoisotopic (exact) mass is 324 g/mol. The maximum absolute atomic E-state index is 11.8. The molecule has 1 heterocycles. The first-order chi connectivity index (χ1) is 10.4. The number of fused-ring (bicyclic) bond motifs is 1. The van der Waals surface area contributed by atoms with Crippen LogP contribution < -0.4 is 0 Å². The fourth-order valence-corrected chi connectivity index (χ4v) is 3.60. The van der Waals surface area contributed by atoms with Gasteiger partial charge in [-0.15, -0.1) is 0 Å². The third-order valence-corrected chi connectivity index (χ3v) is 4.67. The van der Waals surface area contributed by atoms with Gasteiger partial charge in [0, 0.05) is 29.1 Å². The molecule has 7 nitrogen and oxygen atoms in total. The number of aromatic amines is 1. The van der Waals surface area contributed by atoms with Crippen molar-refractivity contribution < 1.29 is 29.3 Å². The van der Waals surface area contributed by atoms with Gasteiger partial charge in [-0.2, -0.15) is 4.89 Å². The smallest absolute Gasteiger partial charge is 0.481 e. The van der Waals surface area contributed by atoms with Gasteiger partial charge in [0.2, 0.25) is 5.66 Å². The van der Waals surface area contributed by atoms with Crippen molar-refractivity contribution in [2.24, 2.45) is 5.92 Å². The number of hydrogen-bond acceptors (Lipinski definition) is 3. The van der Waals surface area contributed by atoms with E-state index in [2.05, 4.69) is 4.98 Å². The minimum absolute atomic E-state index is 0.211. The third-order valence-electron chi connectivity index (χ3n) is 3.55. The van der Waals surface area contributed by atoms with E-state index in [-0.39, 0.29) is 12.8 Å². The van der Waals surface area contributed by atoms with E-state index < -0.39 is 31.5 Å². The number of H-pyrrole nitrogens is 1. The minimum atomic E-state index is -2.83. The zero-order valence-corrected chi connectivity index (χ0v) is 12.4. The summed E-state index contributed by atoms with van der Waals surface area (Å²) in [6.45, 7) is 0. The van der Waals surface area contributed by atoms with Gasteiger partial charge in [0.25, 0.3) is 0 Å². The minimum Gasteiger partial charge on any atom is -0.481 e. The topological polar surface area (TPSA) is 128 Å². The number of carbonyl (C=O) groups is 2. The first-order valence-electron chi connectivity index (χ1n) is 6.57. The molecule has 0 fully saturated rings. The van der Waals surface area contributed by atoms with Gasteiger partial charge in [0.15, 0.2) is 0 Å². The lowest BCUT2D eigenvalue weighted by Crippen LogP contribution is -2.21. The van der Waals surface area contributed by atoms with Crippen LogP contribution in [0.15, 0.2) is 30.5 Å². The Kier molecular flexibility index (Phi) is 4.90. The van der Waals surface area contributed by atoms with Crippen LogP contribution in [0.25, 0.3) is 10.9 Å². The number of aromatic nitrogens is 1. The summed E-state index contributed by atoms with van der Waals surface area (Å²) in [5.74, 6) is -3.67. The van der Waals surface area contributed by atoms with Gasteiger partial charge >= 0.3 is 20.0 Å². The predicted molar refractivity (Wildman–Crippen MR) is 78.9 cm³/mol. The molecule has 1 aromatic heterocycles. The second-order valence-electron chi connectivity index (χ2n) is 4.91. The van der Waals surface area contributed by atoms with Crippen LogP contribution in [-0.4, -0.2) is 32.0 Å². The SMILES string of the molecule is O=C(O)CCC(C(=O)O)C(c1cccc2[nH]ccc12)[P+](=O)O. The first kappa shape index (κ1) is 16.1. The summed E-state index contributed by atoms with van der Waals surface area (Å²) < 4.78 is 11.8. The van der Waals surface area contributed by atoms with Crippen LogP contribution in [0.1, 0.15) is 24.1 Å². The van der Waals surface area contributed by atoms with E-state index in [1.807, 2.05) is 0 Å². The van der Waals surface area contributed by atoms with Gasteiger partial charge in [-0.3, -0.25) is 9.59 Å². The van der Waals surface area contributed by atoms with Crippen LogP contribution in [0, 0.1) is 5.92 Å². The molecule has 2 rings (SSSR count). The van der Waals surface area contributed by atoms with Crippen LogP contribution in [0.2, 0.25) is 0 Å². The molecule has 3 atom stereocenters. The summed E-state index contributed by atoms with van der Waals surface area (Å²) in [5.41, 5.74) is -0.00627. The fourth-order valence-electron chi connectivity index (χ4n) is 2.55. The highest BCUT2D eigenvalue weighted by molar-refractivity contribution is 7.38. The molecule has 0 amide bonds. The molecule has 3 unspecified atom stereocenters. The highest BCUT2D eigenvalue weighted by Crippen LogP contribution is 2.47. The average molecular weight is 324 g/mol. The number of carboxylic acid groups (broad SMARTS) is 2. The molecule has 2 aromatic rings. The summed E-state index contributed by atoms with van der Waals surface area (Å²) in [5, 5.41) is 18.7. The highest BCUT2D eigenvalue weighted by Gasteiger charge is 2.44. The number of hydrogen-bond donors (Lipinski definition) is 4. The molecule has 0 radical (unpaired) electrons. The van der Waals surface area contributed by atoms with E-state index in [0.29, 0.717) is 10.9 Å². The molecular weight excluding hydrogens is 309 g/mol. The Morgan fingerprint density at radius 1 is 1.23 bits per heavy atom. The first-order valence-corrected chi connectivity index (χ1v) is 7.85. The van der Waals surface area contributed by atoms with Crippen LogP contribution in [0.3, 0.4) is 0 Å². The summed E-state index contributed by atoms with van der Waals surface area (Å²) >= 11 is 0. The van der Waals surface area contributed by atoms with Crippen LogP contribution in [0.4, 0.5) is 0 Å². The Bertz CT molecular complexity index is 725. The zero-order valence-electron chi connectivity index (χ0n) is 11.5. The normalized spacial score (nSPS) is 14.5. The summed E-state index contributed by atoms with van der Waals surface area (Å²) in [7, 11) is -2.83. The molecule has 1 aromatic carbocycles. The molecule has 0 spiro atoms. The lowest BCUT2D eigenvalue weighted by molar-refractivity contribution is -0.143. The molecule has 8 heteroatoms. The molecule has 0 saturated heterocycles. The van der Waals surface area contributed by atoms with Crippen molar-refractivity contribution in [2.75, 3.05) is 0 Å². The van der Waals surface area contributed by atoms with Gasteiger partial charge in [0.05, 0.1) is 0 Å². The highest BCUT2D eigenvalue weighted by atomic mass is 31.1. The number of aliphatic carboxylic acids is 2. The second kappa shape index (κ2) is 6.68. The van der Waals surface area contributed by atoms with Crippen molar-refractivity contribution in [3.05, 3.63) is 36.0 Å². The van der Waals surface area contributed by atoms with Crippen molar-refractivity contribution in [1.29, 1.82) is 0 Å². The van der Waals surface area contributed by atoms with Crippen molar-refractivity contribution >= 4 is 30.9 Å². The van der Waals surface area contributed by atoms with E-state index in [1.165, 1.54) is 0 Å². The van der Waals surface area contributed by atoms with E-state index in [4.69, 9.17) is 5.11 Å². The quantitative estimate of drug-likeness (QED) is 0.579. The Morgan fingerprint density at radius 2 is 1.95 bits per heavy atom. The molecule has 22 heavy (non-hydrogen) atoms. The van der Waals surface area contributed by atoms with Gasteiger partial charge in [-0.25, -0.2) is 0 Å². The molecular formula is C14H15NO6P+. The van der Waals surface area contributed by atoms with Crippen molar-refractivity contribution in [3.8, 4) is 0 Å². The Morgan fingerprint density at radius 3 is 2.55 bits per heavy atom. The third kappa shape index (κ3) is 3.32. The Hall–Kier alpha value is -2.24. The lowest BCUT2D eigenvalue weighted by Gasteiger charge is -2.15. The Labute approximate surface area is 126 Å². The summed E-state index contributed by atoms with van der Waals surface area (Å²) in [6.07, 6.45) is 1.07. The van der Waals surface area contributed by atoms with E-state index in [9.17, 15) is 24.2 Å². The zero-order chi connectivity index (χ0) is 16.3. The van der Waals surface area contributed by atoms with Crippen LogP contribution >= 0.6 is 8.03 Å². The molecule has 0 aliphatic heterocycles. The maximum Gasteiger partial charge on any atom is 0.514 e. The van der Waals surface area contributed by atoms with E-state index in [0.717, 1.165) is 5.52 Å². The number of rotatable bonds is 7. The van der Waals surface area contributed by atoms with Crippen molar-refractivity contribution in [2.45, 2.75) is 18.5 Å². The van der Waals surface area contributed by atoms with Gasteiger partial charge in [0.1, 0.15) is 5.92 Å². The molecule has 0 bridgehead atoms. The van der Waals surface area contributed by atoms with Gasteiger partial charge in [-0.1, -0.05) is 12.1 Å². The van der Waals surface area contributed by atoms with Crippen molar-refractivity contribution in [3.63, 3.8) is 0 Å². The summed E-state index contributed by atoms with van der Waals surface area (Å²) in [4.78, 5) is 34.7. The standard InChI is InChI=1S/C14H14NO6P/c16-12(17)5-4-10(14(18)19)13(22(20)21)9-2-1-3-11-8(9)6-7-15-11/h1-3,6-7,10,13,15H,4-5H2,(H2-,16,17,18,19,20,21)/p+1. The number of nitrogens with one attached hydrogen (secondary N) is 1. The van der Waals surface area contributed by atoms with E-state index in [1.54, 1.807) is 30.5 Å². The lowest BCUT2D eigenvalue weighted by atomic mass is 9.92. The van der Waals surface area contributed by atoms with Crippen LogP contribution in [-0.2, 0) is 14.2 Å². The Balaban J connectivity index is 2.47. The molecule has 116 valence electrons.